The van der Waals surface area contributed by atoms with E-state index in [2.05, 4.69) is 20.7 Å². The number of hydrogen-bond acceptors (Lipinski definition) is 5. The van der Waals surface area contributed by atoms with Crippen molar-refractivity contribution in [3.8, 4) is 11.5 Å². The summed E-state index contributed by atoms with van der Waals surface area (Å²) in [5.41, 5.74) is 3.36. The summed E-state index contributed by atoms with van der Waals surface area (Å²) < 4.78 is 5.26. The van der Waals surface area contributed by atoms with E-state index in [9.17, 15) is 14.7 Å². The number of hydrazone groups is 1. The third kappa shape index (κ3) is 4.00. The molecule has 0 aliphatic rings. The lowest BCUT2D eigenvalue weighted by Crippen LogP contribution is -2.23. The maximum atomic E-state index is 11.8. The summed E-state index contributed by atoms with van der Waals surface area (Å²) in [5.74, 6) is -0.141. The maximum Gasteiger partial charge on any atom is 0.267 e. The predicted octanol–water partition coefficient (Wildman–Crippen LogP) is 0.809. The van der Waals surface area contributed by atoms with Crippen LogP contribution in [0.3, 0.4) is 0 Å². The van der Waals surface area contributed by atoms with Crippen LogP contribution in [0.1, 0.15) is 23.7 Å². The first-order chi connectivity index (χ1) is 11.0. The number of phenols is 1. The summed E-state index contributed by atoms with van der Waals surface area (Å²) in [4.78, 5) is 23.2. The van der Waals surface area contributed by atoms with Crippen LogP contribution in [0.25, 0.3) is 0 Å². The number of aromatic hydroxyl groups is 1. The molecule has 0 fully saturated rings. The second-order valence-corrected chi connectivity index (χ2v) is 4.78. The molecule has 0 bridgehead atoms. The Morgan fingerprint density at radius 3 is 2.87 bits per heavy atom. The summed E-state index contributed by atoms with van der Waals surface area (Å²) in [6.07, 6.45) is 1.22. The minimum atomic E-state index is -0.435. The molecule has 122 valence electrons. The molecule has 0 unspecified atom stereocenters. The number of amides is 1. The smallest absolute Gasteiger partial charge is 0.267 e. The Bertz CT molecular complexity index is 776. The Labute approximate surface area is 132 Å². The number of ether oxygens (including phenoxy) is 1. The molecule has 1 aromatic heterocycles. The molecule has 0 saturated heterocycles. The molecule has 0 spiro atoms. The van der Waals surface area contributed by atoms with Gasteiger partial charge in [0.2, 0.25) is 5.91 Å². The summed E-state index contributed by atoms with van der Waals surface area (Å²) in [6.45, 7) is 3.93. The molecular weight excluding hydrogens is 300 g/mol. The van der Waals surface area contributed by atoms with E-state index in [1.807, 2.05) is 6.92 Å². The average Bonchev–Trinajstić information content (AvgIpc) is 2.83. The molecule has 2 aromatic rings. The fraction of sp³-hybridized carbons (Fsp3) is 0.267. The van der Waals surface area contributed by atoms with Crippen LogP contribution < -0.4 is 15.7 Å². The van der Waals surface area contributed by atoms with E-state index in [1.165, 1.54) is 6.21 Å². The van der Waals surface area contributed by atoms with Crippen LogP contribution in [0.5, 0.6) is 11.5 Å². The zero-order chi connectivity index (χ0) is 16.8. The fourth-order valence-electron chi connectivity index (χ4n) is 1.97. The van der Waals surface area contributed by atoms with E-state index in [0.29, 0.717) is 29.2 Å². The Balaban J connectivity index is 2.00. The van der Waals surface area contributed by atoms with Crippen molar-refractivity contribution < 1.29 is 14.6 Å². The van der Waals surface area contributed by atoms with Crippen molar-refractivity contribution in [1.82, 2.24) is 15.6 Å². The molecule has 8 nitrogen and oxygen atoms in total. The fourth-order valence-corrected chi connectivity index (χ4v) is 1.97. The maximum absolute atomic E-state index is 11.8. The zero-order valence-electron chi connectivity index (χ0n) is 12.8. The van der Waals surface area contributed by atoms with Gasteiger partial charge in [0.1, 0.15) is 0 Å². The minimum Gasteiger partial charge on any atom is -0.504 e. The highest BCUT2D eigenvalue weighted by Gasteiger charge is 2.11. The Hall–Kier alpha value is -3.03. The van der Waals surface area contributed by atoms with Crippen LogP contribution in [0.15, 0.2) is 28.1 Å². The molecule has 0 aliphatic carbocycles. The van der Waals surface area contributed by atoms with Crippen LogP contribution in [0, 0.1) is 6.92 Å². The molecule has 0 atom stereocenters. The topological polar surface area (TPSA) is 120 Å². The van der Waals surface area contributed by atoms with Crippen LogP contribution in [0.2, 0.25) is 0 Å². The quantitative estimate of drug-likeness (QED) is 0.465. The molecule has 0 radical (unpaired) electrons. The van der Waals surface area contributed by atoms with Crippen LogP contribution in [-0.2, 0) is 11.2 Å². The van der Waals surface area contributed by atoms with Crippen molar-refractivity contribution in [3.63, 3.8) is 0 Å². The normalized spacial score (nSPS) is 10.9. The predicted molar refractivity (Wildman–Crippen MR) is 84.9 cm³/mol. The number of aromatic amines is 2. The van der Waals surface area contributed by atoms with Gasteiger partial charge in [0.05, 0.1) is 19.2 Å². The Morgan fingerprint density at radius 2 is 2.22 bits per heavy atom. The monoisotopic (exact) mass is 318 g/mol. The van der Waals surface area contributed by atoms with Crippen molar-refractivity contribution in [2.24, 2.45) is 5.10 Å². The van der Waals surface area contributed by atoms with Gasteiger partial charge in [-0.2, -0.15) is 5.10 Å². The number of nitrogens with one attached hydrogen (secondary N) is 3. The largest absolute Gasteiger partial charge is 0.504 e. The number of hydrogen-bond donors (Lipinski definition) is 4. The van der Waals surface area contributed by atoms with Crippen LogP contribution in [0.4, 0.5) is 0 Å². The number of carbonyl (C=O) groups is 1. The Morgan fingerprint density at radius 1 is 1.43 bits per heavy atom. The van der Waals surface area contributed by atoms with Gasteiger partial charge in [-0.15, -0.1) is 0 Å². The molecule has 0 saturated carbocycles. The molecule has 0 aliphatic heterocycles. The summed E-state index contributed by atoms with van der Waals surface area (Å²) in [7, 11) is 0. The van der Waals surface area contributed by atoms with E-state index < -0.39 is 5.91 Å². The van der Waals surface area contributed by atoms with Crippen molar-refractivity contribution in [3.05, 3.63) is 45.4 Å². The van der Waals surface area contributed by atoms with Crippen molar-refractivity contribution in [2.75, 3.05) is 6.61 Å². The number of para-hydroxylation sites is 1. The first kappa shape index (κ1) is 16.3. The third-order valence-electron chi connectivity index (χ3n) is 3.15. The number of benzene rings is 1. The van der Waals surface area contributed by atoms with Gasteiger partial charge in [-0.1, -0.05) is 6.07 Å². The molecular formula is C15H18N4O4. The first-order valence-corrected chi connectivity index (χ1v) is 7.05. The Kier molecular flexibility index (Phi) is 5.19. The number of carbonyl (C=O) groups excluding carboxylic acids is 1. The van der Waals surface area contributed by atoms with E-state index in [0.717, 1.165) is 0 Å². The zero-order valence-corrected chi connectivity index (χ0v) is 12.8. The number of phenolic OH excluding ortho intramolecular Hbond substituents is 1. The number of rotatable bonds is 6. The number of aryl methyl sites for hydroxylation is 1. The standard InChI is InChI=1S/C15H18N4O4/c1-3-23-12-6-4-5-10(14(12)21)8-16-18-13(20)7-11-9(2)17-19-15(11)22/h4-6,8,21H,3,7H2,1-2H3,(H,18,20)(H2,17,19,22). The average molecular weight is 318 g/mol. The molecule has 1 heterocycles. The summed E-state index contributed by atoms with van der Waals surface area (Å²) in [6, 6.07) is 4.97. The second kappa shape index (κ2) is 7.30. The van der Waals surface area contributed by atoms with Gasteiger partial charge in [0.25, 0.3) is 5.56 Å². The molecule has 23 heavy (non-hydrogen) atoms. The van der Waals surface area contributed by atoms with E-state index in [4.69, 9.17) is 4.74 Å². The van der Waals surface area contributed by atoms with Gasteiger partial charge in [-0.3, -0.25) is 14.7 Å². The van der Waals surface area contributed by atoms with Gasteiger partial charge in [0.15, 0.2) is 11.5 Å². The van der Waals surface area contributed by atoms with E-state index >= 15 is 0 Å². The van der Waals surface area contributed by atoms with Gasteiger partial charge in [-0.25, -0.2) is 5.43 Å². The van der Waals surface area contributed by atoms with Crippen LogP contribution in [-0.4, -0.2) is 34.0 Å². The number of nitrogens with zero attached hydrogens (tertiary/aromatic N) is 1. The molecule has 8 heteroatoms. The summed E-state index contributed by atoms with van der Waals surface area (Å²) in [5, 5.41) is 18.8. The lowest BCUT2D eigenvalue weighted by atomic mass is 10.2. The minimum absolute atomic E-state index is 0.0507. The highest BCUT2D eigenvalue weighted by molar-refractivity contribution is 5.86. The lowest BCUT2D eigenvalue weighted by Gasteiger charge is -2.07. The van der Waals surface area contributed by atoms with Gasteiger partial charge in [0, 0.05) is 16.8 Å². The molecule has 2 rings (SSSR count). The van der Waals surface area contributed by atoms with Crippen molar-refractivity contribution in [1.29, 1.82) is 0 Å². The van der Waals surface area contributed by atoms with E-state index in [-0.39, 0.29) is 17.7 Å². The molecule has 4 N–H and O–H groups in total. The van der Waals surface area contributed by atoms with E-state index in [1.54, 1.807) is 25.1 Å². The number of aromatic nitrogens is 2. The highest BCUT2D eigenvalue weighted by Crippen LogP contribution is 2.28. The third-order valence-corrected chi connectivity index (χ3v) is 3.15. The highest BCUT2D eigenvalue weighted by atomic mass is 16.5. The number of H-pyrrole nitrogens is 2. The van der Waals surface area contributed by atoms with Crippen molar-refractivity contribution in [2.45, 2.75) is 20.3 Å². The van der Waals surface area contributed by atoms with Gasteiger partial charge < -0.3 is 14.9 Å². The van der Waals surface area contributed by atoms with Gasteiger partial charge >= 0.3 is 0 Å². The van der Waals surface area contributed by atoms with Crippen LogP contribution >= 0.6 is 0 Å². The SMILES string of the molecule is CCOc1cccc(C=NNC(=O)Cc2c(C)[nH][nH]c2=O)c1O. The lowest BCUT2D eigenvalue weighted by molar-refractivity contribution is -0.120. The summed E-state index contributed by atoms with van der Waals surface area (Å²) >= 11 is 0. The molecule has 1 aromatic carbocycles. The molecule has 1 amide bonds. The van der Waals surface area contributed by atoms with Crippen molar-refractivity contribution >= 4 is 12.1 Å². The van der Waals surface area contributed by atoms with Gasteiger partial charge in [-0.05, 0) is 26.0 Å². The second-order valence-electron chi connectivity index (χ2n) is 4.78. The first-order valence-electron chi connectivity index (χ1n) is 7.05.